The number of phosphoric ester groups is 2. The van der Waals surface area contributed by atoms with E-state index >= 15 is 0 Å². The molecule has 0 aliphatic carbocycles. The van der Waals surface area contributed by atoms with Crippen LogP contribution in [0.2, 0.25) is 0 Å². The number of unbranched alkanes of at least 4 members (excludes halogenated alkanes) is 13. The highest BCUT2D eigenvalue weighted by molar-refractivity contribution is 7.47. The van der Waals surface area contributed by atoms with Crippen molar-refractivity contribution in [2.75, 3.05) is 26.4 Å². The maximum absolute atomic E-state index is 12.7. The first-order valence-corrected chi connectivity index (χ1v) is 25.6. The van der Waals surface area contributed by atoms with Crippen LogP contribution >= 0.6 is 15.6 Å². The molecule has 0 heterocycles. The highest BCUT2D eigenvalue weighted by atomic mass is 31.2. The lowest BCUT2D eigenvalue weighted by Crippen LogP contribution is -2.30. The molecule has 0 bridgehead atoms. The SMILES string of the molecule is CCCCC/C=C\C=C\C(=O)CCCCCCCC(=O)O[C@H](COC(=O)CCCCC/C=C\C/C=C\C/C=C\C/C=C\CCCCC)COP(=O)(O)OC[C@@H](O)COP(=O)(O)O. The van der Waals surface area contributed by atoms with Gasteiger partial charge in [0.25, 0.3) is 0 Å². The summed E-state index contributed by atoms with van der Waals surface area (Å²) in [5.74, 6) is -1.09. The van der Waals surface area contributed by atoms with Crippen molar-refractivity contribution in [3.63, 3.8) is 0 Å². The van der Waals surface area contributed by atoms with Gasteiger partial charge in [-0.2, -0.15) is 0 Å². The molecule has 4 N–H and O–H groups in total. The first-order valence-electron chi connectivity index (χ1n) is 22.6. The number of carbonyl (C=O) groups is 3. The van der Waals surface area contributed by atoms with Gasteiger partial charge >= 0.3 is 27.6 Å². The summed E-state index contributed by atoms with van der Waals surface area (Å²) < 4.78 is 47.7. The highest BCUT2D eigenvalue weighted by Gasteiger charge is 2.28. The Kier molecular flexibility index (Phi) is 39.1. The molecule has 0 rings (SSSR count). The standard InChI is InChI=1S/C46H78O14P2/c1-3-5-7-9-11-12-13-14-15-16-17-18-19-20-21-22-24-28-32-36-45(49)56-40-44(41-59-62(54,55)58-39-43(48)38-57-61(51,52)53)60-46(50)37-33-29-25-27-31-35-42(47)34-30-26-23-10-8-6-4-2/h11-12,14-15,17-18,20-21,23,26,30,34,43-44,48H,3-10,13,16,19,22,24-25,27-29,31-33,35-41H2,1-2H3,(H,54,55)(H2,51,52,53)/b12-11-,15-14-,18-17-,21-20-,26-23-,34-30+/t43-,44+/m0/s1. The minimum atomic E-state index is -4.88. The molecule has 0 saturated carbocycles. The summed E-state index contributed by atoms with van der Waals surface area (Å²) in [6.07, 6.45) is 41.4. The van der Waals surface area contributed by atoms with Gasteiger partial charge in [-0.25, -0.2) is 9.13 Å². The Labute approximate surface area is 371 Å². The number of carbonyl (C=O) groups excluding carboxylic acids is 3. The Bertz CT molecular complexity index is 1430. The molecule has 0 aromatic rings. The molecule has 0 aliphatic rings. The highest BCUT2D eigenvalue weighted by Crippen LogP contribution is 2.43. The Morgan fingerprint density at radius 3 is 1.56 bits per heavy atom. The molecular formula is C46H78O14P2. The van der Waals surface area contributed by atoms with Crippen LogP contribution < -0.4 is 0 Å². The predicted octanol–water partition coefficient (Wildman–Crippen LogP) is 11.0. The van der Waals surface area contributed by atoms with Gasteiger partial charge < -0.3 is 29.3 Å². The lowest BCUT2D eigenvalue weighted by molar-refractivity contribution is -0.161. The Balaban J connectivity index is 4.64. The molecule has 16 heteroatoms. The fraction of sp³-hybridized carbons (Fsp3) is 0.674. The van der Waals surface area contributed by atoms with Gasteiger partial charge in [-0.05, 0) is 83.1 Å². The molecule has 0 radical (unpaired) electrons. The zero-order chi connectivity index (χ0) is 46.0. The largest absolute Gasteiger partial charge is 0.472 e. The minimum absolute atomic E-state index is 0.0369. The summed E-state index contributed by atoms with van der Waals surface area (Å²) >= 11 is 0. The Morgan fingerprint density at radius 1 is 0.516 bits per heavy atom. The van der Waals surface area contributed by atoms with Gasteiger partial charge in [0.15, 0.2) is 11.9 Å². The second-order valence-electron chi connectivity index (χ2n) is 15.0. The van der Waals surface area contributed by atoms with E-state index in [0.717, 1.165) is 77.0 Å². The van der Waals surface area contributed by atoms with E-state index in [2.05, 4.69) is 77.6 Å². The van der Waals surface area contributed by atoms with Crippen LogP contribution in [0.3, 0.4) is 0 Å². The predicted molar refractivity (Wildman–Crippen MR) is 244 cm³/mol. The van der Waals surface area contributed by atoms with Gasteiger partial charge in [0.05, 0.1) is 19.8 Å². The van der Waals surface area contributed by atoms with E-state index in [4.69, 9.17) is 23.8 Å². The molecule has 356 valence electrons. The van der Waals surface area contributed by atoms with Crippen molar-refractivity contribution < 1.29 is 66.3 Å². The second-order valence-corrected chi connectivity index (χ2v) is 17.7. The number of allylic oxidation sites excluding steroid dienone is 12. The lowest BCUT2D eigenvalue weighted by atomic mass is 10.1. The van der Waals surface area contributed by atoms with E-state index in [0.29, 0.717) is 25.7 Å². The van der Waals surface area contributed by atoms with E-state index in [9.17, 15) is 33.5 Å². The van der Waals surface area contributed by atoms with Crippen LogP contribution in [-0.2, 0) is 46.6 Å². The van der Waals surface area contributed by atoms with Gasteiger partial charge in [0.1, 0.15) is 12.7 Å². The lowest BCUT2D eigenvalue weighted by Gasteiger charge is -2.20. The van der Waals surface area contributed by atoms with E-state index < -0.39 is 66.2 Å². The van der Waals surface area contributed by atoms with Gasteiger partial charge in [0.2, 0.25) is 0 Å². The monoisotopic (exact) mass is 916 g/mol. The first kappa shape index (κ1) is 59.2. The summed E-state index contributed by atoms with van der Waals surface area (Å²) in [6.45, 7) is 1.50. The van der Waals surface area contributed by atoms with E-state index in [1.165, 1.54) is 32.1 Å². The molecule has 3 atom stereocenters. The van der Waals surface area contributed by atoms with Crippen molar-refractivity contribution in [3.05, 3.63) is 72.9 Å². The molecule has 0 aromatic carbocycles. The maximum Gasteiger partial charge on any atom is 0.472 e. The van der Waals surface area contributed by atoms with Crippen LogP contribution in [0.4, 0.5) is 0 Å². The number of hydrogen-bond donors (Lipinski definition) is 4. The molecule has 0 aliphatic heterocycles. The van der Waals surface area contributed by atoms with Crippen LogP contribution in [0.15, 0.2) is 72.9 Å². The minimum Gasteiger partial charge on any atom is -0.462 e. The maximum atomic E-state index is 12.7. The number of ketones is 1. The average molecular weight is 917 g/mol. The number of aliphatic hydroxyl groups excluding tert-OH is 1. The van der Waals surface area contributed by atoms with Crippen LogP contribution in [0, 0.1) is 0 Å². The smallest absolute Gasteiger partial charge is 0.462 e. The fourth-order valence-electron chi connectivity index (χ4n) is 5.55. The molecule has 0 amide bonds. The zero-order valence-electron chi connectivity index (χ0n) is 37.4. The number of hydrogen-bond acceptors (Lipinski definition) is 11. The molecule has 0 aromatic heterocycles. The van der Waals surface area contributed by atoms with Gasteiger partial charge in [-0.3, -0.25) is 28.0 Å². The topological polar surface area (TPSA) is 212 Å². The first-order chi connectivity index (χ1) is 29.8. The number of phosphoric acid groups is 2. The number of aliphatic hydroxyl groups is 1. The molecule has 62 heavy (non-hydrogen) atoms. The van der Waals surface area contributed by atoms with Gasteiger partial charge in [-0.1, -0.05) is 132 Å². The molecular weight excluding hydrogens is 838 g/mol. The third-order valence-electron chi connectivity index (χ3n) is 9.03. The van der Waals surface area contributed by atoms with Crippen molar-refractivity contribution in [2.24, 2.45) is 0 Å². The van der Waals surface area contributed by atoms with Crippen molar-refractivity contribution in [1.29, 1.82) is 0 Å². The van der Waals surface area contributed by atoms with E-state index in [-0.39, 0.29) is 18.6 Å². The molecule has 0 saturated heterocycles. The third kappa shape index (κ3) is 43.9. The van der Waals surface area contributed by atoms with Gasteiger partial charge in [0, 0.05) is 19.3 Å². The quantitative estimate of drug-likeness (QED) is 0.0112. The van der Waals surface area contributed by atoms with E-state index in [1.807, 2.05) is 6.08 Å². The molecule has 0 spiro atoms. The fourth-order valence-corrected chi connectivity index (χ4v) is 6.70. The summed E-state index contributed by atoms with van der Waals surface area (Å²) in [6, 6.07) is 0. The van der Waals surface area contributed by atoms with Crippen molar-refractivity contribution in [2.45, 2.75) is 174 Å². The summed E-state index contributed by atoms with van der Waals surface area (Å²) in [5.41, 5.74) is 0. The van der Waals surface area contributed by atoms with Crippen molar-refractivity contribution >= 4 is 33.4 Å². The van der Waals surface area contributed by atoms with Crippen LogP contribution in [-0.4, -0.2) is 76.1 Å². The molecule has 1 unspecified atom stereocenters. The normalized spacial score (nSPS) is 14.5. The van der Waals surface area contributed by atoms with E-state index in [1.54, 1.807) is 12.2 Å². The molecule has 14 nitrogen and oxygen atoms in total. The summed E-state index contributed by atoms with van der Waals surface area (Å²) in [5, 5.41) is 9.75. The van der Waals surface area contributed by atoms with Crippen LogP contribution in [0.1, 0.15) is 162 Å². The average Bonchev–Trinajstić information content (AvgIpc) is 3.23. The Hall–Kier alpha value is -2.77. The van der Waals surface area contributed by atoms with Crippen molar-refractivity contribution in [1.82, 2.24) is 0 Å². The number of ether oxygens (including phenoxy) is 2. The second kappa shape index (κ2) is 41.0. The third-order valence-corrected chi connectivity index (χ3v) is 10.5. The zero-order valence-corrected chi connectivity index (χ0v) is 39.2. The summed E-state index contributed by atoms with van der Waals surface area (Å²) in [4.78, 5) is 64.8. The van der Waals surface area contributed by atoms with Crippen LogP contribution in [0.25, 0.3) is 0 Å². The van der Waals surface area contributed by atoms with Crippen LogP contribution in [0.5, 0.6) is 0 Å². The number of rotatable bonds is 42. The summed E-state index contributed by atoms with van der Waals surface area (Å²) in [7, 11) is -9.73. The van der Waals surface area contributed by atoms with Crippen molar-refractivity contribution in [3.8, 4) is 0 Å². The molecule has 0 fully saturated rings. The van der Waals surface area contributed by atoms with Gasteiger partial charge in [-0.15, -0.1) is 0 Å². The number of esters is 2. The Morgan fingerprint density at radius 2 is 0.984 bits per heavy atom.